The zero-order valence-corrected chi connectivity index (χ0v) is 18.5. The van der Waals surface area contributed by atoms with E-state index in [9.17, 15) is 12.8 Å². The fourth-order valence-electron chi connectivity index (χ4n) is 3.54. The van der Waals surface area contributed by atoms with Crippen LogP contribution in [0.3, 0.4) is 0 Å². The van der Waals surface area contributed by atoms with Gasteiger partial charge in [0.05, 0.1) is 25.2 Å². The molecule has 8 heteroatoms. The number of hydrogen-bond donors (Lipinski definition) is 0. The van der Waals surface area contributed by atoms with E-state index in [1.807, 2.05) is 18.2 Å². The molecule has 1 aliphatic rings. The molecule has 4 rings (SSSR count). The van der Waals surface area contributed by atoms with Gasteiger partial charge in [0, 0.05) is 24.7 Å². The molecule has 168 valence electrons. The number of ether oxygens (including phenoxy) is 3. The molecular formula is C24H24FNO5S. The molecule has 0 radical (unpaired) electrons. The standard InChI is InChI=1S/C24H24FNO5S/c1-29-22-6-3-7-23(14-22)32(27,28)26-10-11-31-24-9-8-19(12-20(24)15-26)17-30-16-18-4-2-5-21(25)13-18/h2-9,12-14H,10-11,15-17H2,1H3. The molecule has 0 saturated carbocycles. The maximum atomic E-state index is 13.3. The second-order valence-corrected chi connectivity index (χ2v) is 9.37. The molecule has 0 aliphatic carbocycles. The lowest BCUT2D eigenvalue weighted by Crippen LogP contribution is -2.32. The van der Waals surface area contributed by atoms with Gasteiger partial charge in [-0.2, -0.15) is 4.31 Å². The Balaban J connectivity index is 1.49. The fraction of sp³-hybridized carbons (Fsp3) is 0.250. The van der Waals surface area contributed by atoms with Gasteiger partial charge in [-0.15, -0.1) is 0 Å². The van der Waals surface area contributed by atoms with Crippen LogP contribution in [0.5, 0.6) is 11.5 Å². The highest BCUT2D eigenvalue weighted by atomic mass is 32.2. The summed E-state index contributed by atoms with van der Waals surface area (Å²) in [6.45, 7) is 1.27. The van der Waals surface area contributed by atoms with Crippen LogP contribution in [0.15, 0.2) is 71.6 Å². The van der Waals surface area contributed by atoms with Crippen LogP contribution >= 0.6 is 0 Å². The summed E-state index contributed by atoms with van der Waals surface area (Å²) in [6, 6.07) is 18.3. The van der Waals surface area contributed by atoms with Gasteiger partial charge < -0.3 is 14.2 Å². The van der Waals surface area contributed by atoms with E-state index in [-0.39, 0.29) is 37.0 Å². The summed E-state index contributed by atoms with van der Waals surface area (Å²) in [5.74, 6) is 0.836. The molecule has 0 aromatic heterocycles. The average molecular weight is 458 g/mol. The summed E-state index contributed by atoms with van der Waals surface area (Å²) in [4.78, 5) is 0.176. The van der Waals surface area contributed by atoms with Crippen molar-refractivity contribution in [2.75, 3.05) is 20.3 Å². The van der Waals surface area contributed by atoms with E-state index in [0.717, 1.165) is 16.7 Å². The lowest BCUT2D eigenvalue weighted by molar-refractivity contribution is 0.107. The SMILES string of the molecule is COc1cccc(S(=O)(=O)N2CCOc3ccc(COCc4cccc(F)c4)cc3C2)c1. The first-order chi connectivity index (χ1) is 15.5. The molecule has 1 heterocycles. The molecule has 6 nitrogen and oxygen atoms in total. The smallest absolute Gasteiger partial charge is 0.243 e. The number of nitrogens with zero attached hydrogens (tertiary/aromatic N) is 1. The third-order valence-electron chi connectivity index (χ3n) is 5.18. The normalized spacial score (nSPS) is 14.3. The molecule has 3 aromatic carbocycles. The van der Waals surface area contributed by atoms with Gasteiger partial charge in [-0.25, -0.2) is 12.8 Å². The molecule has 0 N–H and O–H groups in total. The highest BCUT2D eigenvalue weighted by molar-refractivity contribution is 7.89. The summed E-state index contributed by atoms with van der Waals surface area (Å²) in [5.41, 5.74) is 2.39. The van der Waals surface area contributed by atoms with Crippen LogP contribution in [-0.2, 0) is 34.5 Å². The Bertz CT molecular complexity index is 1200. The molecule has 0 saturated heterocycles. The Morgan fingerprint density at radius 2 is 1.78 bits per heavy atom. The maximum Gasteiger partial charge on any atom is 0.243 e. The van der Waals surface area contributed by atoms with Crippen molar-refractivity contribution < 1.29 is 27.0 Å². The van der Waals surface area contributed by atoms with E-state index in [1.54, 1.807) is 30.3 Å². The topological polar surface area (TPSA) is 65.1 Å². The largest absolute Gasteiger partial charge is 0.497 e. The summed E-state index contributed by atoms with van der Waals surface area (Å²) >= 11 is 0. The number of methoxy groups -OCH3 is 1. The molecule has 0 spiro atoms. The fourth-order valence-corrected chi connectivity index (χ4v) is 4.98. The Morgan fingerprint density at radius 1 is 1.00 bits per heavy atom. The number of rotatable bonds is 7. The van der Waals surface area contributed by atoms with Crippen LogP contribution in [0.25, 0.3) is 0 Å². The van der Waals surface area contributed by atoms with E-state index >= 15 is 0 Å². The molecule has 0 amide bonds. The molecule has 0 fully saturated rings. The van der Waals surface area contributed by atoms with Gasteiger partial charge in [0.1, 0.15) is 23.9 Å². The van der Waals surface area contributed by atoms with Crippen LogP contribution in [0.1, 0.15) is 16.7 Å². The lowest BCUT2D eigenvalue weighted by Gasteiger charge is -2.20. The molecule has 32 heavy (non-hydrogen) atoms. The minimum atomic E-state index is -3.72. The second-order valence-electron chi connectivity index (χ2n) is 7.43. The number of halogens is 1. The van der Waals surface area contributed by atoms with E-state index in [1.165, 1.54) is 29.6 Å². The van der Waals surface area contributed by atoms with E-state index in [0.29, 0.717) is 18.1 Å². The van der Waals surface area contributed by atoms with Crippen molar-refractivity contribution in [1.29, 1.82) is 0 Å². The Hall–Kier alpha value is -2.94. The lowest BCUT2D eigenvalue weighted by atomic mass is 10.1. The van der Waals surface area contributed by atoms with Crippen LogP contribution in [0.4, 0.5) is 4.39 Å². The predicted molar refractivity (Wildman–Crippen MR) is 117 cm³/mol. The van der Waals surface area contributed by atoms with Gasteiger partial charge in [0.2, 0.25) is 10.0 Å². The van der Waals surface area contributed by atoms with Gasteiger partial charge >= 0.3 is 0 Å². The van der Waals surface area contributed by atoms with Crippen LogP contribution in [-0.4, -0.2) is 33.0 Å². The first-order valence-corrected chi connectivity index (χ1v) is 11.6. The highest BCUT2D eigenvalue weighted by Crippen LogP contribution is 2.29. The summed E-state index contributed by atoms with van der Waals surface area (Å²) < 4.78 is 57.8. The van der Waals surface area contributed by atoms with Gasteiger partial charge in [-0.05, 0) is 47.5 Å². The van der Waals surface area contributed by atoms with E-state index in [2.05, 4.69) is 0 Å². The molecule has 1 aliphatic heterocycles. The highest BCUT2D eigenvalue weighted by Gasteiger charge is 2.28. The summed E-state index contributed by atoms with van der Waals surface area (Å²) in [6.07, 6.45) is 0. The van der Waals surface area contributed by atoms with E-state index in [4.69, 9.17) is 14.2 Å². The zero-order valence-electron chi connectivity index (χ0n) is 17.7. The first-order valence-electron chi connectivity index (χ1n) is 10.2. The van der Waals surface area contributed by atoms with Gasteiger partial charge in [0.25, 0.3) is 0 Å². The monoisotopic (exact) mass is 457 g/mol. The Labute approximate surface area is 187 Å². The van der Waals surface area contributed by atoms with Crippen molar-refractivity contribution in [3.63, 3.8) is 0 Å². The van der Waals surface area contributed by atoms with Crippen molar-refractivity contribution in [3.05, 3.63) is 89.2 Å². The molecule has 3 aromatic rings. The summed E-state index contributed by atoms with van der Waals surface area (Å²) in [7, 11) is -2.22. The minimum absolute atomic E-state index is 0.176. The first kappa shape index (κ1) is 22.3. The molecule has 0 atom stereocenters. The van der Waals surface area contributed by atoms with Crippen LogP contribution < -0.4 is 9.47 Å². The van der Waals surface area contributed by atoms with Crippen molar-refractivity contribution in [3.8, 4) is 11.5 Å². The number of hydrogen-bond acceptors (Lipinski definition) is 5. The van der Waals surface area contributed by atoms with Crippen molar-refractivity contribution >= 4 is 10.0 Å². The van der Waals surface area contributed by atoms with Crippen molar-refractivity contribution in [2.45, 2.75) is 24.7 Å². The predicted octanol–water partition coefficient (Wildman–Crippen LogP) is 4.13. The molecule has 0 bridgehead atoms. The summed E-state index contributed by atoms with van der Waals surface area (Å²) in [5, 5.41) is 0. The van der Waals surface area contributed by atoms with Crippen molar-refractivity contribution in [2.24, 2.45) is 0 Å². The third-order valence-corrected chi connectivity index (χ3v) is 7.02. The zero-order chi connectivity index (χ0) is 22.6. The van der Waals surface area contributed by atoms with Crippen molar-refractivity contribution in [1.82, 2.24) is 4.31 Å². The minimum Gasteiger partial charge on any atom is -0.497 e. The number of benzene rings is 3. The van der Waals surface area contributed by atoms with Gasteiger partial charge in [-0.1, -0.05) is 24.3 Å². The molecule has 0 unspecified atom stereocenters. The van der Waals surface area contributed by atoms with Gasteiger partial charge in [0.15, 0.2) is 0 Å². The average Bonchev–Trinajstić information content (AvgIpc) is 3.02. The molecular weight excluding hydrogens is 433 g/mol. The second kappa shape index (κ2) is 9.68. The Morgan fingerprint density at radius 3 is 2.56 bits per heavy atom. The van der Waals surface area contributed by atoms with E-state index < -0.39 is 10.0 Å². The van der Waals surface area contributed by atoms with Gasteiger partial charge in [-0.3, -0.25) is 0 Å². The number of sulfonamides is 1. The maximum absolute atomic E-state index is 13.3. The van der Waals surface area contributed by atoms with Crippen LogP contribution in [0, 0.1) is 5.82 Å². The number of fused-ring (bicyclic) bond motifs is 1. The third kappa shape index (κ3) is 5.09. The quantitative estimate of drug-likeness (QED) is 0.534. The van der Waals surface area contributed by atoms with Crippen LogP contribution in [0.2, 0.25) is 0 Å². The Kier molecular flexibility index (Phi) is 6.74.